The highest BCUT2D eigenvalue weighted by molar-refractivity contribution is 14.1. The van der Waals surface area contributed by atoms with Gasteiger partial charge in [0.2, 0.25) is 5.88 Å². The van der Waals surface area contributed by atoms with Crippen molar-refractivity contribution in [3.63, 3.8) is 0 Å². The van der Waals surface area contributed by atoms with Gasteiger partial charge in [-0.15, -0.1) is 11.3 Å². The summed E-state index contributed by atoms with van der Waals surface area (Å²) in [5.41, 5.74) is 1.46. The Hall–Kier alpha value is -0.293. The molecule has 184 valence electrons. The van der Waals surface area contributed by atoms with Gasteiger partial charge in [-0.3, -0.25) is 0 Å². The van der Waals surface area contributed by atoms with Gasteiger partial charge < -0.3 is 9.16 Å². The summed E-state index contributed by atoms with van der Waals surface area (Å²) in [6.45, 7) is 15.8. The van der Waals surface area contributed by atoms with Gasteiger partial charge in [0.15, 0.2) is 8.32 Å². The number of hydrogen-bond donors (Lipinski definition) is 0. The van der Waals surface area contributed by atoms with Gasteiger partial charge in [-0.1, -0.05) is 27.7 Å². The highest BCUT2D eigenvalue weighted by Gasteiger charge is 2.38. The van der Waals surface area contributed by atoms with Crippen LogP contribution in [0, 0.1) is 0 Å². The van der Waals surface area contributed by atoms with E-state index >= 15 is 0 Å². The predicted octanol–water partition coefficient (Wildman–Crippen LogP) is 7.49. The summed E-state index contributed by atoms with van der Waals surface area (Å²) in [7, 11) is -1.71. The Bertz CT molecular complexity index is 953. The fourth-order valence-electron chi connectivity index (χ4n) is 4.95. The lowest BCUT2D eigenvalue weighted by molar-refractivity contribution is 0.124. The second-order valence-electron chi connectivity index (χ2n) is 11.2. The molecular formula is C25H40IN3O2SSi. The molecule has 2 heterocycles. The highest BCUT2D eigenvalue weighted by Crippen LogP contribution is 2.48. The maximum Gasteiger partial charge on any atom is 0.225 e. The molecule has 2 aliphatic carbocycles. The Morgan fingerprint density at radius 1 is 1.15 bits per heavy atom. The number of halogens is 1. The first-order valence-electron chi connectivity index (χ1n) is 12.6. The minimum absolute atomic E-state index is 0.252. The van der Waals surface area contributed by atoms with Crippen LogP contribution in [-0.4, -0.2) is 46.7 Å². The second-order valence-corrected chi connectivity index (χ2v) is 18.3. The third-order valence-corrected chi connectivity index (χ3v) is 15.2. The Morgan fingerprint density at radius 2 is 1.88 bits per heavy atom. The molecular weight excluding hydrogens is 561 g/mol. The van der Waals surface area contributed by atoms with Crippen molar-refractivity contribution >= 4 is 52.7 Å². The van der Waals surface area contributed by atoms with Crippen LogP contribution in [0.5, 0.6) is 5.88 Å². The lowest BCUT2D eigenvalue weighted by atomic mass is 9.93. The van der Waals surface area contributed by atoms with Crippen LogP contribution in [0.4, 0.5) is 0 Å². The van der Waals surface area contributed by atoms with Gasteiger partial charge in [-0.25, -0.2) is 13.1 Å². The van der Waals surface area contributed by atoms with Crippen LogP contribution in [0.3, 0.4) is 0 Å². The topological polar surface area (TPSA) is 47.5 Å². The van der Waals surface area contributed by atoms with Crippen molar-refractivity contribution in [2.24, 2.45) is 0 Å². The van der Waals surface area contributed by atoms with Gasteiger partial charge in [0.25, 0.3) is 0 Å². The molecule has 0 saturated heterocycles. The molecule has 1 fully saturated rings. The first-order valence-corrected chi connectivity index (χ1v) is 17.3. The summed E-state index contributed by atoms with van der Waals surface area (Å²) in [6.07, 6.45) is 9.99. The van der Waals surface area contributed by atoms with Crippen LogP contribution in [0.1, 0.15) is 82.6 Å². The number of thiophene rings is 1. The third kappa shape index (κ3) is 5.60. The molecule has 1 atom stereocenters. The summed E-state index contributed by atoms with van der Waals surface area (Å²) in [5.74, 6) is 1.35. The molecule has 0 N–H and O–H groups in total. The maximum atomic E-state index is 6.58. The van der Waals surface area contributed by atoms with E-state index in [1.165, 1.54) is 35.1 Å². The third-order valence-electron chi connectivity index (χ3n) is 8.05. The summed E-state index contributed by atoms with van der Waals surface area (Å²) in [4.78, 5) is 11.9. The Balaban J connectivity index is 1.47. The fourth-order valence-corrected chi connectivity index (χ4v) is 7.80. The van der Waals surface area contributed by atoms with Crippen LogP contribution >= 0.6 is 34.2 Å². The van der Waals surface area contributed by atoms with Crippen LogP contribution in [0.25, 0.3) is 10.2 Å². The molecule has 33 heavy (non-hydrogen) atoms. The molecule has 1 saturated carbocycles. The summed E-state index contributed by atoms with van der Waals surface area (Å²) >= 11 is 4.32. The van der Waals surface area contributed by atoms with Crippen molar-refractivity contribution < 1.29 is 9.16 Å². The molecule has 0 unspecified atom stereocenters. The van der Waals surface area contributed by atoms with E-state index in [0.717, 1.165) is 49.5 Å². The SMILES string of the molecule is CCN(I)C1CCC(Oc2ncnc3sc4c(c23)[C@@H](CCO[Si](C)(C)C(C)(C)C)CC4)CC1. The van der Waals surface area contributed by atoms with Crippen molar-refractivity contribution in [1.29, 1.82) is 0 Å². The van der Waals surface area contributed by atoms with Crippen molar-refractivity contribution in [3.8, 4) is 5.88 Å². The van der Waals surface area contributed by atoms with Gasteiger partial charge >= 0.3 is 0 Å². The van der Waals surface area contributed by atoms with Gasteiger partial charge in [0.1, 0.15) is 17.3 Å². The number of ether oxygens (including phenoxy) is 1. The number of rotatable bonds is 8. The highest BCUT2D eigenvalue weighted by atomic mass is 127. The molecule has 8 heteroatoms. The number of nitrogens with zero attached hydrogens (tertiary/aromatic N) is 3. The molecule has 0 radical (unpaired) electrons. The lowest BCUT2D eigenvalue weighted by Gasteiger charge is -2.36. The van der Waals surface area contributed by atoms with Crippen LogP contribution < -0.4 is 4.74 Å². The molecule has 2 aromatic heterocycles. The largest absolute Gasteiger partial charge is 0.474 e. The van der Waals surface area contributed by atoms with Crippen LogP contribution in [0.2, 0.25) is 18.1 Å². The van der Waals surface area contributed by atoms with E-state index in [-0.39, 0.29) is 11.1 Å². The van der Waals surface area contributed by atoms with Gasteiger partial charge in [0, 0.05) is 46.9 Å². The molecule has 0 spiro atoms. The average Bonchev–Trinajstić information content (AvgIpc) is 3.33. The predicted molar refractivity (Wildman–Crippen MR) is 149 cm³/mol. The molecule has 0 amide bonds. The number of hydrogen-bond acceptors (Lipinski definition) is 6. The van der Waals surface area contributed by atoms with Gasteiger partial charge in [0.05, 0.1) is 5.39 Å². The minimum atomic E-state index is -1.71. The first kappa shape index (κ1) is 25.8. The van der Waals surface area contributed by atoms with Crippen molar-refractivity contribution in [1.82, 2.24) is 13.1 Å². The Kier molecular flexibility index (Phi) is 8.10. The zero-order valence-corrected chi connectivity index (χ0v) is 25.1. The molecule has 0 aromatic carbocycles. The van der Waals surface area contributed by atoms with Crippen LogP contribution in [0.15, 0.2) is 6.33 Å². The average molecular weight is 602 g/mol. The monoisotopic (exact) mass is 601 g/mol. The van der Waals surface area contributed by atoms with E-state index in [1.54, 1.807) is 6.33 Å². The second kappa shape index (κ2) is 10.4. The van der Waals surface area contributed by atoms with Crippen molar-refractivity contribution in [3.05, 3.63) is 16.8 Å². The molecule has 4 rings (SSSR count). The van der Waals surface area contributed by atoms with E-state index < -0.39 is 8.32 Å². The lowest BCUT2D eigenvalue weighted by Crippen LogP contribution is -2.41. The van der Waals surface area contributed by atoms with Gasteiger partial charge in [-0.05, 0) is 74.6 Å². The Morgan fingerprint density at radius 3 is 2.55 bits per heavy atom. The minimum Gasteiger partial charge on any atom is -0.474 e. The van der Waals surface area contributed by atoms with Gasteiger partial charge in [-0.2, -0.15) is 0 Å². The van der Waals surface area contributed by atoms with E-state index in [2.05, 4.69) is 76.7 Å². The summed E-state index contributed by atoms with van der Waals surface area (Å²) in [6, 6.07) is 0.677. The zero-order chi connectivity index (χ0) is 23.8. The molecule has 2 aliphatic rings. The summed E-state index contributed by atoms with van der Waals surface area (Å²) < 4.78 is 15.5. The molecule has 2 aromatic rings. The molecule has 0 aliphatic heterocycles. The quantitative estimate of drug-likeness (QED) is 0.178. The smallest absolute Gasteiger partial charge is 0.225 e. The Labute approximate surface area is 218 Å². The van der Waals surface area contributed by atoms with Crippen LogP contribution in [-0.2, 0) is 10.8 Å². The number of aromatic nitrogens is 2. The van der Waals surface area contributed by atoms with Crippen molar-refractivity contribution in [2.45, 2.75) is 109 Å². The first-order chi connectivity index (χ1) is 15.6. The zero-order valence-electron chi connectivity index (χ0n) is 21.1. The molecule has 0 bridgehead atoms. The normalized spacial score (nSPS) is 23.9. The van der Waals surface area contributed by atoms with E-state index in [0.29, 0.717) is 12.0 Å². The van der Waals surface area contributed by atoms with E-state index in [1.807, 2.05) is 11.3 Å². The molecule has 5 nitrogen and oxygen atoms in total. The summed E-state index contributed by atoms with van der Waals surface area (Å²) in [5, 5.41) is 1.45. The van der Waals surface area contributed by atoms with Crippen molar-refractivity contribution in [2.75, 3.05) is 13.2 Å². The van der Waals surface area contributed by atoms with E-state index in [9.17, 15) is 0 Å². The standard InChI is InChI=1S/C25H40IN3O2SSi/c1-7-29(26)18-9-11-19(12-10-18)31-23-22-21-17(14-15-30-33(5,6)25(2,3)4)8-13-20(21)32-24(22)28-16-27-23/h16-19H,7-15H2,1-6H3/t17-,18?,19?/m1/s1. The fraction of sp³-hybridized carbons (Fsp3) is 0.760. The van der Waals surface area contributed by atoms with E-state index in [4.69, 9.17) is 9.16 Å². The maximum absolute atomic E-state index is 6.58. The number of fused-ring (bicyclic) bond motifs is 3. The number of aryl methyl sites for hydroxylation is 1.